The van der Waals surface area contributed by atoms with Gasteiger partial charge in [-0.3, -0.25) is 9.59 Å². The minimum atomic E-state index is -0.359. The lowest BCUT2D eigenvalue weighted by Crippen LogP contribution is -2.22. The Morgan fingerprint density at radius 2 is 1.73 bits per heavy atom. The van der Waals surface area contributed by atoms with Gasteiger partial charge >= 0.3 is 0 Å². The maximum atomic E-state index is 10.3. The van der Waals surface area contributed by atoms with E-state index in [1.165, 1.54) is 13.2 Å². The molecular formula is C9H16N2O4. The summed E-state index contributed by atoms with van der Waals surface area (Å²) in [5.74, 6) is -0.575. The zero-order valence-corrected chi connectivity index (χ0v) is 8.66. The van der Waals surface area contributed by atoms with Crippen molar-refractivity contribution in [1.82, 2.24) is 10.6 Å². The highest BCUT2D eigenvalue weighted by molar-refractivity contribution is 5.86. The zero-order chi connectivity index (χ0) is 12.1. The van der Waals surface area contributed by atoms with Gasteiger partial charge in [-0.25, -0.2) is 0 Å². The first-order valence-corrected chi connectivity index (χ1v) is 4.02. The molecule has 0 rings (SSSR count). The molecule has 0 saturated carbocycles. The third-order valence-electron chi connectivity index (χ3n) is 1.01. The third-order valence-corrected chi connectivity index (χ3v) is 1.01. The molecule has 6 heteroatoms. The molecule has 86 valence electrons. The Balaban J connectivity index is 0. The van der Waals surface area contributed by atoms with E-state index >= 15 is 0 Å². The zero-order valence-electron chi connectivity index (χ0n) is 8.66. The number of rotatable bonds is 5. The third kappa shape index (κ3) is 15.1. The number of hydrogen-bond acceptors (Lipinski definition) is 4. The predicted octanol–water partition coefficient (Wildman–Crippen LogP) is -0.869. The van der Waals surface area contributed by atoms with E-state index in [-0.39, 0.29) is 25.3 Å². The van der Waals surface area contributed by atoms with Crippen molar-refractivity contribution in [3.63, 3.8) is 0 Å². The van der Waals surface area contributed by atoms with Gasteiger partial charge in [0, 0.05) is 7.11 Å². The van der Waals surface area contributed by atoms with Gasteiger partial charge in [-0.15, -0.1) is 0 Å². The van der Waals surface area contributed by atoms with Gasteiger partial charge in [-0.05, 0) is 12.2 Å². The molecule has 2 amide bonds. The van der Waals surface area contributed by atoms with Crippen LogP contribution in [0.4, 0.5) is 0 Å². The number of methoxy groups -OCH3 is 1. The highest BCUT2D eigenvalue weighted by Crippen LogP contribution is 1.64. The Bertz CT molecular complexity index is 216. The monoisotopic (exact) mass is 216 g/mol. The number of amides is 2. The average Bonchev–Trinajstić information content (AvgIpc) is 2.26. The van der Waals surface area contributed by atoms with Crippen LogP contribution in [0, 0.1) is 0 Å². The molecule has 0 aromatic heterocycles. The molecule has 0 spiro atoms. The van der Waals surface area contributed by atoms with Crippen LogP contribution < -0.4 is 10.6 Å². The Labute approximate surface area is 88.6 Å². The van der Waals surface area contributed by atoms with Crippen molar-refractivity contribution in [3.8, 4) is 0 Å². The first kappa shape index (κ1) is 15.8. The molecule has 0 aliphatic rings. The predicted molar refractivity (Wildman–Crippen MR) is 55.6 cm³/mol. The summed E-state index contributed by atoms with van der Waals surface area (Å²) >= 11 is 0. The van der Waals surface area contributed by atoms with Gasteiger partial charge < -0.3 is 20.5 Å². The summed E-state index contributed by atoms with van der Waals surface area (Å²) in [6, 6.07) is 0. The van der Waals surface area contributed by atoms with E-state index in [1.54, 1.807) is 0 Å². The SMILES string of the molecule is C=CC(=O)NCO.C=CC(=O)NCOC. The Kier molecular flexibility index (Phi) is 13.0. The van der Waals surface area contributed by atoms with Gasteiger partial charge in [0.25, 0.3) is 0 Å². The second kappa shape index (κ2) is 12.3. The number of carbonyl (C=O) groups excluding carboxylic acids is 2. The lowest BCUT2D eigenvalue weighted by Gasteiger charge is -1.96. The van der Waals surface area contributed by atoms with E-state index in [2.05, 4.69) is 28.5 Å². The lowest BCUT2D eigenvalue weighted by atomic mass is 10.6. The molecule has 0 aliphatic carbocycles. The minimum absolute atomic E-state index is 0.216. The fraction of sp³-hybridized carbons (Fsp3) is 0.333. The second-order valence-electron chi connectivity index (χ2n) is 2.08. The highest BCUT2D eigenvalue weighted by Gasteiger charge is 1.87. The normalized spacial score (nSPS) is 7.87. The summed E-state index contributed by atoms with van der Waals surface area (Å²) in [5, 5.41) is 12.5. The Morgan fingerprint density at radius 1 is 1.27 bits per heavy atom. The summed E-state index contributed by atoms with van der Waals surface area (Å²) in [6.45, 7) is 6.31. The van der Waals surface area contributed by atoms with Gasteiger partial charge in [0.2, 0.25) is 11.8 Å². The van der Waals surface area contributed by atoms with Gasteiger partial charge in [0.05, 0.1) is 0 Å². The van der Waals surface area contributed by atoms with E-state index in [1.807, 2.05) is 0 Å². The van der Waals surface area contributed by atoms with Crippen LogP contribution in [0.25, 0.3) is 0 Å². The van der Waals surface area contributed by atoms with Crippen LogP contribution in [0.5, 0.6) is 0 Å². The van der Waals surface area contributed by atoms with Crippen molar-refractivity contribution in [2.75, 3.05) is 20.6 Å². The van der Waals surface area contributed by atoms with Crippen LogP contribution in [-0.2, 0) is 14.3 Å². The molecule has 0 unspecified atom stereocenters. The second-order valence-corrected chi connectivity index (χ2v) is 2.08. The first-order chi connectivity index (χ1) is 7.12. The number of aliphatic hydroxyl groups excluding tert-OH is 1. The molecule has 0 radical (unpaired) electrons. The van der Waals surface area contributed by atoms with Crippen molar-refractivity contribution in [2.45, 2.75) is 0 Å². The molecule has 3 N–H and O–H groups in total. The number of carbonyl (C=O) groups is 2. The van der Waals surface area contributed by atoms with Crippen LogP contribution in [0.2, 0.25) is 0 Å². The maximum Gasteiger partial charge on any atom is 0.245 e. The smallest absolute Gasteiger partial charge is 0.245 e. The van der Waals surface area contributed by atoms with Gasteiger partial charge in [0.15, 0.2) is 0 Å². The Morgan fingerprint density at radius 3 is 2.00 bits per heavy atom. The number of ether oxygens (including phenoxy) is 1. The summed E-state index contributed by atoms with van der Waals surface area (Å²) < 4.78 is 4.53. The van der Waals surface area contributed by atoms with E-state index in [0.717, 1.165) is 6.08 Å². The fourth-order valence-corrected chi connectivity index (χ4v) is 0.366. The van der Waals surface area contributed by atoms with Gasteiger partial charge in [0.1, 0.15) is 13.5 Å². The number of nitrogens with one attached hydrogen (secondary N) is 2. The summed E-state index contributed by atoms with van der Waals surface area (Å²) in [7, 11) is 1.50. The first-order valence-electron chi connectivity index (χ1n) is 4.02. The highest BCUT2D eigenvalue weighted by atomic mass is 16.5. The van der Waals surface area contributed by atoms with Gasteiger partial charge in [-0.2, -0.15) is 0 Å². The number of aliphatic hydroxyl groups is 1. The topological polar surface area (TPSA) is 87.7 Å². The molecule has 6 nitrogen and oxygen atoms in total. The van der Waals surface area contributed by atoms with Crippen LogP contribution >= 0.6 is 0 Å². The lowest BCUT2D eigenvalue weighted by molar-refractivity contribution is -0.118. The van der Waals surface area contributed by atoms with Crippen molar-refractivity contribution >= 4 is 11.8 Å². The molecule has 0 heterocycles. The van der Waals surface area contributed by atoms with Crippen LogP contribution in [0.3, 0.4) is 0 Å². The number of hydrogen-bond donors (Lipinski definition) is 3. The standard InChI is InChI=1S/C5H9NO2.C4H7NO2/c1-3-5(7)6-4-8-2;1-2-4(7)5-3-6/h3H,1,4H2,2H3,(H,6,7);2,6H,1,3H2,(H,5,7). The summed E-state index contributed by atoms with van der Waals surface area (Å²) in [4.78, 5) is 20.3. The largest absolute Gasteiger partial charge is 0.376 e. The van der Waals surface area contributed by atoms with Crippen molar-refractivity contribution in [2.24, 2.45) is 0 Å². The van der Waals surface area contributed by atoms with Crippen molar-refractivity contribution < 1.29 is 19.4 Å². The van der Waals surface area contributed by atoms with Crippen LogP contribution in [0.1, 0.15) is 0 Å². The van der Waals surface area contributed by atoms with E-state index < -0.39 is 0 Å². The van der Waals surface area contributed by atoms with Crippen LogP contribution in [-0.4, -0.2) is 37.5 Å². The molecule has 0 aliphatic heterocycles. The molecular weight excluding hydrogens is 200 g/mol. The minimum Gasteiger partial charge on any atom is -0.376 e. The molecule has 0 bridgehead atoms. The summed E-state index contributed by atoms with van der Waals surface area (Å²) in [5.41, 5.74) is 0. The fourth-order valence-electron chi connectivity index (χ4n) is 0.366. The van der Waals surface area contributed by atoms with Gasteiger partial charge in [-0.1, -0.05) is 13.2 Å². The molecule has 0 aromatic carbocycles. The molecule has 15 heavy (non-hydrogen) atoms. The van der Waals surface area contributed by atoms with Crippen LogP contribution in [0.15, 0.2) is 25.3 Å². The average molecular weight is 216 g/mol. The van der Waals surface area contributed by atoms with E-state index in [0.29, 0.717) is 0 Å². The summed E-state index contributed by atoms with van der Waals surface area (Å²) in [6.07, 6.45) is 2.29. The Hall–Kier alpha value is -1.66. The van der Waals surface area contributed by atoms with Crippen molar-refractivity contribution in [1.29, 1.82) is 0 Å². The van der Waals surface area contributed by atoms with E-state index in [4.69, 9.17) is 5.11 Å². The van der Waals surface area contributed by atoms with Crippen molar-refractivity contribution in [3.05, 3.63) is 25.3 Å². The molecule has 0 atom stereocenters. The van der Waals surface area contributed by atoms with E-state index in [9.17, 15) is 9.59 Å². The molecule has 0 aromatic rings. The molecule has 0 saturated heterocycles. The molecule has 0 fully saturated rings. The quantitative estimate of drug-likeness (QED) is 0.412. The maximum absolute atomic E-state index is 10.3.